The third kappa shape index (κ3) is 3.63. The predicted octanol–water partition coefficient (Wildman–Crippen LogP) is 5.10. The number of hydrogen-bond acceptors (Lipinski definition) is 3. The summed E-state index contributed by atoms with van der Waals surface area (Å²) in [6.45, 7) is 7.09. The highest BCUT2D eigenvalue weighted by Gasteiger charge is 2.25. The monoisotopic (exact) mass is 375 g/mol. The van der Waals surface area contributed by atoms with E-state index in [0.717, 1.165) is 39.5 Å². The van der Waals surface area contributed by atoms with Gasteiger partial charge in [0, 0.05) is 23.4 Å². The SMILES string of the molecule is COc1ccc(-n2c(C)c(C(C)=O)c(CC(C)=O)c2-c2ccc(C)cc2)cc1. The molecule has 4 nitrogen and oxygen atoms in total. The summed E-state index contributed by atoms with van der Waals surface area (Å²) in [4.78, 5) is 24.5. The Kier molecular flexibility index (Phi) is 5.50. The second kappa shape index (κ2) is 7.85. The van der Waals surface area contributed by atoms with Gasteiger partial charge in [0.2, 0.25) is 0 Å². The minimum atomic E-state index is -0.0330. The molecule has 0 radical (unpaired) electrons. The molecule has 0 aliphatic carbocycles. The molecule has 144 valence electrons. The Labute approximate surface area is 165 Å². The zero-order valence-electron chi connectivity index (χ0n) is 17.0. The normalized spacial score (nSPS) is 10.8. The van der Waals surface area contributed by atoms with Crippen LogP contribution in [0, 0.1) is 13.8 Å². The van der Waals surface area contributed by atoms with Gasteiger partial charge in [-0.3, -0.25) is 9.59 Å². The average Bonchev–Trinajstić information content (AvgIpc) is 2.94. The Morgan fingerprint density at radius 2 is 1.54 bits per heavy atom. The van der Waals surface area contributed by atoms with Crippen LogP contribution in [-0.4, -0.2) is 23.2 Å². The summed E-state index contributed by atoms with van der Waals surface area (Å²) in [5, 5.41) is 0. The number of aromatic nitrogens is 1. The van der Waals surface area contributed by atoms with Crippen LogP contribution < -0.4 is 4.74 Å². The zero-order valence-corrected chi connectivity index (χ0v) is 17.0. The molecular weight excluding hydrogens is 350 g/mol. The molecule has 0 atom stereocenters. The van der Waals surface area contributed by atoms with Gasteiger partial charge in [-0.1, -0.05) is 29.8 Å². The molecule has 3 aromatic rings. The van der Waals surface area contributed by atoms with Gasteiger partial charge in [0.25, 0.3) is 0 Å². The number of carbonyl (C=O) groups excluding carboxylic acids is 2. The van der Waals surface area contributed by atoms with Crippen LogP contribution >= 0.6 is 0 Å². The van der Waals surface area contributed by atoms with E-state index in [1.165, 1.54) is 0 Å². The van der Waals surface area contributed by atoms with E-state index in [4.69, 9.17) is 4.74 Å². The second-order valence-electron chi connectivity index (χ2n) is 7.12. The van der Waals surface area contributed by atoms with Crippen LogP contribution in [0.1, 0.15) is 41.0 Å². The standard InChI is InChI=1S/C24H25NO3/c1-15-6-8-19(9-7-15)24-22(14-16(2)26)23(18(4)27)17(3)25(24)20-10-12-21(28-5)13-11-20/h6-13H,14H2,1-5H3. The van der Waals surface area contributed by atoms with E-state index in [0.29, 0.717) is 5.56 Å². The number of ketones is 2. The highest BCUT2D eigenvalue weighted by atomic mass is 16.5. The summed E-state index contributed by atoms with van der Waals surface area (Å²) in [7, 11) is 1.63. The van der Waals surface area contributed by atoms with Gasteiger partial charge < -0.3 is 9.30 Å². The van der Waals surface area contributed by atoms with Gasteiger partial charge in [0.1, 0.15) is 11.5 Å². The maximum Gasteiger partial charge on any atom is 0.161 e. The Hall–Kier alpha value is -3.14. The molecule has 1 aromatic heterocycles. The third-order valence-electron chi connectivity index (χ3n) is 4.94. The number of hydrogen-bond donors (Lipinski definition) is 0. The first-order chi connectivity index (χ1) is 13.3. The Morgan fingerprint density at radius 3 is 2.04 bits per heavy atom. The molecule has 0 spiro atoms. The molecule has 0 aliphatic rings. The molecule has 2 aromatic carbocycles. The Bertz CT molecular complexity index is 1030. The van der Waals surface area contributed by atoms with Crippen LogP contribution in [0.5, 0.6) is 5.75 Å². The van der Waals surface area contributed by atoms with Crippen molar-refractivity contribution in [2.45, 2.75) is 34.1 Å². The molecule has 0 aliphatic heterocycles. The molecule has 4 heteroatoms. The lowest BCUT2D eigenvalue weighted by molar-refractivity contribution is -0.116. The number of aryl methyl sites for hydroxylation is 1. The first-order valence-corrected chi connectivity index (χ1v) is 9.29. The van der Waals surface area contributed by atoms with Crippen molar-refractivity contribution in [3.63, 3.8) is 0 Å². The fourth-order valence-corrected chi connectivity index (χ4v) is 3.71. The lowest BCUT2D eigenvalue weighted by Gasteiger charge is -2.14. The number of ether oxygens (including phenoxy) is 1. The van der Waals surface area contributed by atoms with Crippen molar-refractivity contribution in [2.24, 2.45) is 0 Å². The molecule has 0 bridgehead atoms. The van der Waals surface area contributed by atoms with Gasteiger partial charge in [-0.15, -0.1) is 0 Å². The van der Waals surface area contributed by atoms with E-state index in [2.05, 4.69) is 4.57 Å². The summed E-state index contributed by atoms with van der Waals surface area (Å²) < 4.78 is 7.34. The van der Waals surface area contributed by atoms with Crippen LogP contribution in [-0.2, 0) is 11.2 Å². The van der Waals surface area contributed by atoms with Gasteiger partial charge >= 0.3 is 0 Å². The minimum absolute atomic E-state index is 0.0303. The van der Waals surface area contributed by atoms with Crippen LogP contribution in [0.25, 0.3) is 16.9 Å². The number of benzene rings is 2. The van der Waals surface area contributed by atoms with Crippen molar-refractivity contribution in [3.05, 3.63) is 70.9 Å². The van der Waals surface area contributed by atoms with E-state index < -0.39 is 0 Å². The van der Waals surface area contributed by atoms with Gasteiger partial charge in [0.05, 0.1) is 12.8 Å². The lowest BCUT2D eigenvalue weighted by Crippen LogP contribution is -2.04. The number of Topliss-reactive ketones (excluding diaryl/α,β-unsaturated/α-hetero) is 2. The first kappa shape index (κ1) is 19.6. The first-order valence-electron chi connectivity index (χ1n) is 9.29. The van der Waals surface area contributed by atoms with E-state index in [1.807, 2.05) is 62.4 Å². The number of rotatable bonds is 6. The molecule has 1 heterocycles. The number of methoxy groups -OCH3 is 1. The molecule has 0 fully saturated rings. The van der Waals surface area contributed by atoms with Crippen molar-refractivity contribution in [1.29, 1.82) is 0 Å². The predicted molar refractivity (Wildman–Crippen MR) is 112 cm³/mol. The van der Waals surface area contributed by atoms with Crippen molar-refractivity contribution >= 4 is 11.6 Å². The van der Waals surface area contributed by atoms with E-state index in [1.54, 1.807) is 21.0 Å². The highest BCUT2D eigenvalue weighted by Crippen LogP contribution is 2.36. The average molecular weight is 375 g/mol. The van der Waals surface area contributed by atoms with E-state index >= 15 is 0 Å². The molecule has 0 N–H and O–H groups in total. The van der Waals surface area contributed by atoms with Gasteiger partial charge in [-0.25, -0.2) is 0 Å². The largest absolute Gasteiger partial charge is 0.497 e. The summed E-state index contributed by atoms with van der Waals surface area (Å²) in [5.41, 5.74) is 6.20. The third-order valence-corrected chi connectivity index (χ3v) is 4.94. The Balaban J connectivity index is 2.36. The summed E-state index contributed by atoms with van der Waals surface area (Å²) >= 11 is 0. The van der Waals surface area contributed by atoms with Gasteiger partial charge in [-0.05, 0) is 63.1 Å². The molecule has 0 saturated heterocycles. The second-order valence-corrected chi connectivity index (χ2v) is 7.12. The maximum atomic E-state index is 12.5. The van der Waals surface area contributed by atoms with E-state index in [9.17, 15) is 9.59 Å². The molecule has 28 heavy (non-hydrogen) atoms. The number of nitrogens with zero attached hydrogens (tertiary/aromatic N) is 1. The summed E-state index contributed by atoms with van der Waals surface area (Å²) in [6, 6.07) is 15.9. The molecule has 0 saturated carbocycles. The fraction of sp³-hybridized carbons (Fsp3) is 0.250. The Morgan fingerprint density at radius 1 is 0.929 bits per heavy atom. The zero-order chi connectivity index (χ0) is 20.4. The van der Waals surface area contributed by atoms with Crippen molar-refractivity contribution < 1.29 is 14.3 Å². The molecular formula is C24H25NO3. The van der Waals surface area contributed by atoms with Crippen molar-refractivity contribution in [2.75, 3.05) is 7.11 Å². The minimum Gasteiger partial charge on any atom is -0.497 e. The van der Waals surface area contributed by atoms with Gasteiger partial charge in [-0.2, -0.15) is 0 Å². The van der Waals surface area contributed by atoms with Crippen LogP contribution in [0.15, 0.2) is 48.5 Å². The van der Waals surface area contributed by atoms with Crippen LogP contribution in [0.3, 0.4) is 0 Å². The topological polar surface area (TPSA) is 48.3 Å². The van der Waals surface area contributed by atoms with Crippen LogP contribution in [0.2, 0.25) is 0 Å². The van der Waals surface area contributed by atoms with Crippen molar-refractivity contribution in [1.82, 2.24) is 4.57 Å². The quantitative estimate of drug-likeness (QED) is 0.563. The van der Waals surface area contributed by atoms with Gasteiger partial charge in [0.15, 0.2) is 5.78 Å². The maximum absolute atomic E-state index is 12.5. The molecule has 0 unspecified atom stereocenters. The summed E-state index contributed by atoms with van der Waals surface area (Å²) in [5.74, 6) is 0.762. The lowest BCUT2D eigenvalue weighted by atomic mass is 9.97. The van der Waals surface area contributed by atoms with E-state index in [-0.39, 0.29) is 18.0 Å². The van der Waals surface area contributed by atoms with Crippen molar-refractivity contribution in [3.8, 4) is 22.7 Å². The number of carbonyl (C=O) groups is 2. The highest BCUT2D eigenvalue weighted by molar-refractivity contribution is 6.01. The van der Waals surface area contributed by atoms with Crippen LogP contribution in [0.4, 0.5) is 0 Å². The summed E-state index contributed by atoms with van der Waals surface area (Å²) in [6.07, 6.45) is 0.224. The fourth-order valence-electron chi connectivity index (χ4n) is 3.71. The molecule has 3 rings (SSSR count). The smallest absolute Gasteiger partial charge is 0.161 e. The molecule has 0 amide bonds.